The van der Waals surface area contributed by atoms with E-state index < -0.39 is 0 Å². The molecule has 0 unspecified atom stereocenters. The summed E-state index contributed by atoms with van der Waals surface area (Å²) in [4.78, 5) is 19.2. The number of benzene rings is 1. The van der Waals surface area contributed by atoms with Crippen molar-refractivity contribution in [3.8, 4) is 11.1 Å². The third kappa shape index (κ3) is 3.32. The fraction of sp³-hybridized carbons (Fsp3) is 0.350. The van der Waals surface area contributed by atoms with Crippen molar-refractivity contribution in [1.82, 2.24) is 25.4 Å². The van der Waals surface area contributed by atoms with E-state index in [1.807, 2.05) is 44.4 Å². The number of amides is 1. The van der Waals surface area contributed by atoms with E-state index in [1.54, 1.807) is 0 Å². The molecule has 0 atom stereocenters. The van der Waals surface area contributed by atoms with Gasteiger partial charge in [0.05, 0.1) is 5.52 Å². The van der Waals surface area contributed by atoms with Gasteiger partial charge in [-0.25, -0.2) is 0 Å². The Hall–Kier alpha value is -2.73. The highest BCUT2D eigenvalue weighted by molar-refractivity contribution is 6.05. The monoisotopic (exact) mass is 349 g/mol. The van der Waals surface area contributed by atoms with Crippen molar-refractivity contribution in [3.05, 3.63) is 47.9 Å². The quantitative estimate of drug-likeness (QED) is 0.743. The summed E-state index contributed by atoms with van der Waals surface area (Å²) in [5.41, 5.74) is 4.59. The van der Waals surface area contributed by atoms with Crippen molar-refractivity contribution in [2.75, 3.05) is 13.1 Å². The number of carbonyl (C=O) groups is 1. The molecule has 1 aliphatic heterocycles. The molecule has 134 valence electrons. The van der Waals surface area contributed by atoms with Crippen LogP contribution in [0.15, 0.2) is 36.7 Å². The van der Waals surface area contributed by atoms with Crippen LogP contribution < -0.4 is 5.32 Å². The molecule has 0 spiro atoms. The van der Waals surface area contributed by atoms with Crippen LogP contribution in [0.2, 0.25) is 0 Å². The Balaban J connectivity index is 1.66. The molecule has 0 radical (unpaired) electrons. The van der Waals surface area contributed by atoms with Crippen molar-refractivity contribution in [1.29, 1.82) is 0 Å². The lowest BCUT2D eigenvalue weighted by Crippen LogP contribution is -2.36. The Bertz CT molecular complexity index is 942. The van der Waals surface area contributed by atoms with Crippen LogP contribution in [-0.4, -0.2) is 45.1 Å². The van der Waals surface area contributed by atoms with Crippen LogP contribution in [-0.2, 0) is 6.54 Å². The highest BCUT2D eigenvalue weighted by Gasteiger charge is 2.17. The summed E-state index contributed by atoms with van der Waals surface area (Å²) >= 11 is 0. The third-order valence-corrected chi connectivity index (χ3v) is 4.68. The number of hydrogen-bond acceptors (Lipinski definition) is 4. The number of rotatable bonds is 5. The van der Waals surface area contributed by atoms with Gasteiger partial charge in [0.1, 0.15) is 0 Å². The van der Waals surface area contributed by atoms with Gasteiger partial charge < -0.3 is 5.32 Å². The molecule has 26 heavy (non-hydrogen) atoms. The zero-order chi connectivity index (χ0) is 18.1. The molecule has 0 saturated carbocycles. The second kappa shape index (κ2) is 6.88. The fourth-order valence-corrected chi connectivity index (χ4v) is 3.23. The molecule has 2 aromatic heterocycles. The molecular weight excluding hydrogens is 326 g/mol. The van der Waals surface area contributed by atoms with Crippen LogP contribution in [0, 0.1) is 0 Å². The predicted molar refractivity (Wildman–Crippen MR) is 102 cm³/mol. The molecule has 2 N–H and O–H groups in total. The van der Waals surface area contributed by atoms with Gasteiger partial charge in [0.15, 0.2) is 5.69 Å². The molecule has 4 rings (SSSR count). The molecule has 6 heteroatoms. The summed E-state index contributed by atoms with van der Waals surface area (Å²) in [6, 6.07) is 8.26. The van der Waals surface area contributed by atoms with Gasteiger partial charge in [-0.15, -0.1) is 0 Å². The van der Waals surface area contributed by atoms with Crippen LogP contribution in [0.25, 0.3) is 22.0 Å². The van der Waals surface area contributed by atoms with Gasteiger partial charge in [0, 0.05) is 35.9 Å². The van der Waals surface area contributed by atoms with E-state index in [2.05, 4.69) is 31.5 Å². The molecule has 1 fully saturated rings. The summed E-state index contributed by atoms with van der Waals surface area (Å²) in [6.45, 7) is 7.15. The van der Waals surface area contributed by atoms with Gasteiger partial charge in [-0.2, -0.15) is 5.10 Å². The van der Waals surface area contributed by atoms with E-state index in [1.165, 1.54) is 25.1 Å². The minimum Gasteiger partial charge on any atom is -0.348 e. The fourth-order valence-electron chi connectivity index (χ4n) is 3.23. The van der Waals surface area contributed by atoms with Crippen molar-refractivity contribution in [3.63, 3.8) is 0 Å². The number of aromatic amines is 1. The first-order valence-electron chi connectivity index (χ1n) is 9.06. The molecule has 1 amide bonds. The first-order chi connectivity index (χ1) is 12.6. The van der Waals surface area contributed by atoms with Crippen LogP contribution >= 0.6 is 0 Å². The maximum absolute atomic E-state index is 12.4. The molecule has 1 aromatic carbocycles. The summed E-state index contributed by atoms with van der Waals surface area (Å²) in [7, 11) is 0. The average molecular weight is 349 g/mol. The van der Waals surface area contributed by atoms with E-state index in [4.69, 9.17) is 0 Å². The van der Waals surface area contributed by atoms with Crippen molar-refractivity contribution >= 4 is 16.8 Å². The Morgan fingerprint density at radius 3 is 2.81 bits per heavy atom. The van der Waals surface area contributed by atoms with Crippen LogP contribution in [0.3, 0.4) is 0 Å². The summed E-state index contributed by atoms with van der Waals surface area (Å²) in [6.07, 6.45) is 5.08. The zero-order valence-electron chi connectivity index (χ0n) is 15.1. The smallest absolute Gasteiger partial charge is 0.272 e. The maximum Gasteiger partial charge on any atom is 0.272 e. The van der Waals surface area contributed by atoms with Crippen molar-refractivity contribution in [2.24, 2.45) is 0 Å². The Kier molecular flexibility index (Phi) is 4.42. The van der Waals surface area contributed by atoms with Gasteiger partial charge in [-0.3, -0.25) is 19.8 Å². The summed E-state index contributed by atoms with van der Waals surface area (Å²) in [5, 5.41) is 10.9. The Morgan fingerprint density at radius 2 is 2.08 bits per heavy atom. The number of hydrogen-bond donors (Lipinski definition) is 2. The molecule has 0 bridgehead atoms. The largest absolute Gasteiger partial charge is 0.348 e. The molecule has 1 saturated heterocycles. The van der Waals surface area contributed by atoms with Gasteiger partial charge in [-0.1, -0.05) is 6.07 Å². The first kappa shape index (κ1) is 16.7. The topological polar surface area (TPSA) is 73.9 Å². The van der Waals surface area contributed by atoms with E-state index in [0.717, 1.165) is 28.6 Å². The first-order valence-corrected chi connectivity index (χ1v) is 9.06. The number of nitrogens with one attached hydrogen (secondary N) is 2. The highest BCUT2D eigenvalue weighted by atomic mass is 16.2. The lowest BCUT2D eigenvalue weighted by Gasteiger charge is -2.30. The third-order valence-electron chi connectivity index (χ3n) is 4.68. The Morgan fingerprint density at radius 1 is 1.23 bits per heavy atom. The van der Waals surface area contributed by atoms with Gasteiger partial charge in [-0.05, 0) is 62.7 Å². The SMILES string of the molecule is CC(C)NC(=O)c1n[nH]c2ccc(-c3cncc(CN4CCC4)c3)cc12. The van der Waals surface area contributed by atoms with E-state index >= 15 is 0 Å². The van der Waals surface area contributed by atoms with Gasteiger partial charge >= 0.3 is 0 Å². The molecule has 3 heterocycles. The van der Waals surface area contributed by atoms with Gasteiger partial charge in [0.2, 0.25) is 0 Å². The van der Waals surface area contributed by atoms with Crippen LogP contribution in [0.1, 0.15) is 36.3 Å². The zero-order valence-corrected chi connectivity index (χ0v) is 15.1. The second-order valence-corrected chi connectivity index (χ2v) is 7.17. The molecule has 1 aliphatic rings. The standard InChI is InChI=1S/C20H23N5O/c1-13(2)22-20(26)19-17-9-15(4-5-18(17)23-24-19)16-8-14(10-21-11-16)12-25-6-3-7-25/h4-5,8-11,13H,3,6-7,12H2,1-2H3,(H,22,26)(H,23,24). The number of likely N-dealkylation sites (tertiary alicyclic amines) is 1. The number of pyridine rings is 1. The molecular formula is C20H23N5O. The lowest BCUT2D eigenvalue weighted by atomic mass is 10.0. The lowest BCUT2D eigenvalue weighted by molar-refractivity contribution is 0.0939. The minimum atomic E-state index is -0.159. The number of H-pyrrole nitrogens is 1. The summed E-state index contributed by atoms with van der Waals surface area (Å²) < 4.78 is 0. The number of aromatic nitrogens is 3. The minimum absolute atomic E-state index is 0.0693. The molecule has 3 aromatic rings. The number of fused-ring (bicyclic) bond motifs is 1. The number of carbonyl (C=O) groups excluding carboxylic acids is 1. The predicted octanol–water partition coefficient (Wildman–Crippen LogP) is 2.97. The second-order valence-electron chi connectivity index (χ2n) is 7.17. The normalized spacial score (nSPS) is 14.6. The van der Waals surface area contributed by atoms with Crippen molar-refractivity contribution < 1.29 is 4.79 Å². The molecule has 6 nitrogen and oxygen atoms in total. The van der Waals surface area contributed by atoms with Crippen LogP contribution in [0.5, 0.6) is 0 Å². The van der Waals surface area contributed by atoms with Crippen molar-refractivity contribution in [2.45, 2.75) is 32.9 Å². The summed E-state index contributed by atoms with van der Waals surface area (Å²) in [5.74, 6) is -0.159. The molecule has 0 aliphatic carbocycles. The van der Waals surface area contributed by atoms with Crippen LogP contribution in [0.4, 0.5) is 0 Å². The average Bonchev–Trinajstić information content (AvgIpc) is 3.01. The Labute approximate surface area is 152 Å². The van der Waals surface area contributed by atoms with E-state index in [0.29, 0.717) is 5.69 Å². The maximum atomic E-state index is 12.4. The van der Waals surface area contributed by atoms with E-state index in [-0.39, 0.29) is 11.9 Å². The van der Waals surface area contributed by atoms with Gasteiger partial charge in [0.25, 0.3) is 5.91 Å². The number of nitrogens with zero attached hydrogens (tertiary/aromatic N) is 3. The van der Waals surface area contributed by atoms with E-state index in [9.17, 15) is 4.79 Å². The highest BCUT2D eigenvalue weighted by Crippen LogP contribution is 2.26.